The Bertz CT molecular complexity index is 1310. The maximum atomic E-state index is 13.2. The van der Waals surface area contributed by atoms with Gasteiger partial charge >= 0.3 is 5.69 Å². The summed E-state index contributed by atoms with van der Waals surface area (Å²) in [6.07, 6.45) is 3.34. The summed E-state index contributed by atoms with van der Waals surface area (Å²) in [5, 5.41) is 0.534. The number of benzene rings is 2. The predicted molar refractivity (Wildman–Crippen MR) is 139 cm³/mol. The van der Waals surface area contributed by atoms with Gasteiger partial charge in [-0.3, -0.25) is 19.1 Å². The zero-order chi connectivity index (χ0) is 25.1. The Balaban J connectivity index is 1.11. The van der Waals surface area contributed by atoms with Crippen LogP contribution in [-0.2, 0) is 17.9 Å². The van der Waals surface area contributed by atoms with Crippen molar-refractivity contribution in [2.75, 3.05) is 33.3 Å². The van der Waals surface area contributed by atoms with E-state index in [0.717, 1.165) is 64.2 Å². The van der Waals surface area contributed by atoms with Crippen LogP contribution in [0.5, 0.6) is 5.75 Å². The van der Waals surface area contributed by atoms with Gasteiger partial charge in [0.15, 0.2) is 0 Å². The molecule has 0 spiro atoms. The maximum Gasteiger partial charge on any atom is 0.328 e. The van der Waals surface area contributed by atoms with E-state index >= 15 is 0 Å². The van der Waals surface area contributed by atoms with Crippen LogP contribution in [-0.4, -0.2) is 58.5 Å². The minimum absolute atomic E-state index is 0.0426. The number of ether oxygens (including phenoxy) is 1. The number of carbonyl (C=O) groups excluding carboxylic acids is 1. The molecule has 1 N–H and O–H groups in total. The molecule has 36 heavy (non-hydrogen) atoms. The van der Waals surface area contributed by atoms with Crippen LogP contribution in [0.15, 0.2) is 58.1 Å². The molecule has 0 unspecified atom stereocenters. The molecule has 2 aliphatic rings. The minimum Gasteiger partial charge on any atom is -0.497 e. The average molecular weight is 491 g/mol. The third kappa shape index (κ3) is 5.23. The van der Waals surface area contributed by atoms with Crippen LogP contribution >= 0.6 is 0 Å². The van der Waals surface area contributed by atoms with Crippen molar-refractivity contribution in [2.24, 2.45) is 11.8 Å². The van der Waals surface area contributed by atoms with Gasteiger partial charge < -0.3 is 14.6 Å². The van der Waals surface area contributed by atoms with Crippen LogP contribution in [0.1, 0.15) is 31.2 Å². The van der Waals surface area contributed by atoms with Gasteiger partial charge in [0.25, 0.3) is 5.56 Å². The Morgan fingerprint density at radius 1 is 0.944 bits per heavy atom. The number of methoxy groups -OCH3 is 1. The molecular formula is C28H34N4O4. The molecule has 3 aromatic rings. The number of fused-ring (bicyclic) bond motifs is 1. The number of rotatable bonds is 6. The van der Waals surface area contributed by atoms with E-state index in [0.29, 0.717) is 17.4 Å². The Labute approximate surface area is 210 Å². The molecular weight excluding hydrogens is 456 g/mol. The molecule has 5 rings (SSSR count). The summed E-state index contributed by atoms with van der Waals surface area (Å²) < 4.78 is 6.56. The highest BCUT2D eigenvalue weighted by Gasteiger charge is 2.31. The Hall–Kier alpha value is -3.39. The van der Waals surface area contributed by atoms with Gasteiger partial charge in [-0.1, -0.05) is 24.3 Å². The van der Waals surface area contributed by atoms with E-state index in [4.69, 9.17) is 4.74 Å². The normalized spacial score (nSPS) is 21.0. The smallest absolute Gasteiger partial charge is 0.328 e. The van der Waals surface area contributed by atoms with E-state index < -0.39 is 0 Å². The largest absolute Gasteiger partial charge is 0.497 e. The lowest BCUT2D eigenvalue weighted by atomic mass is 9.81. The molecule has 1 saturated heterocycles. The number of H-pyrrole nitrogens is 1. The zero-order valence-corrected chi connectivity index (χ0v) is 20.8. The topological polar surface area (TPSA) is 87.6 Å². The number of aromatic nitrogens is 2. The van der Waals surface area contributed by atoms with Gasteiger partial charge in [0.1, 0.15) is 5.75 Å². The summed E-state index contributed by atoms with van der Waals surface area (Å²) in [5.74, 6) is 1.40. The number of aromatic amines is 1. The first-order valence-electron chi connectivity index (χ1n) is 12.9. The Kier molecular flexibility index (Phi) is 7.23. The number of hydrogen-bond acceptors (Lipinski definition) is 5. The van der Waals surface area contributed by atoms with Crippen LogP contribution in [0.4, 0.5) is 0 Å². The molecule has 2 fully saturated rings. The van der Waals surface area contributed by atoms with Gasteiger partial charge in [-0.15, -0.1) is 0 Å². The second-order valence-electron chi connectivity index (χ2n) is 10.1. The lowest BCUT2D eigenvalue weighted by Crippen LogP contribution is -2.50. The van der Waals surface area contributed by atoms with Crippen molar-refractivity contribution < 1.29 is 9.53 Å². The third-order valence-electron chi connectivity index (χ3n) is 7.78. The van der Waals surface area contributed by atoms with Crippen molar-refractivity contribution in [2.45, 2.75) is 38.8 Å². The second kappa shape index (κ2) is 10.7. The second-order valence-corrected chi connectivity index (χ2v) is 10.1. The standard InChI is InChI=1S/C28H34N4O4/c1-36-23-12-8-20(9-13-23)18-30-14-16-31(17-15-30)26(33)22-10-6-21(7-11-22)19-32-27(34)24-4-2-3-5-25(24)29-28(32)35/h2-5,8-9,12-13,21-22H,6-7,10-11,14-19H2,1H3,(H,29,35). The summed E-state index contributed by atoms with van der Waals surface area (Å²) in [6.45, 7) is 4.56. The number of nitrogens with zero attached hydrogens (tertiary/aromatic N) is 3. The summed E-state index contributed by atoms with van der Waals surface area (Å²) in [6, 6.07) is 15.3. The highest BCUT2D eigenvalue weighted by atomic mass is 16.5. The quantitative estimate of drug-likeness (QED) is 0.574. The van der Waals surface area contributed by atoms with E-state index in [1.54, 1.807) is 25.3 Å². The van der Waals surface area contributed by atoms with Crippen LogP contribution in [0.3, 0.4) is 0 Å². The van der Waals surface area contributed by atoms with Crippen LogP contribution in [0.25, 0.3) is 10.9 Å². The SMILES string of the molecule is COc1ccc(CN2CCN(C(=O)C3CCC(Cn4c(=O)[nH]c5ccccc5c4=O)CC3)CC2)cc1. The highest BCUT2D eigenvalue weighted by molar-refractivity contribution is 5.79. The molecule has 1 aliphatic heterocycles. The number of para-hydroxylation sites is 1. The zero-order valence-electron chi connectivity index (χ0n) is 20.8. The van der Waals surface area contributed by atoms with E-state index in [-0.39, 0.29) is 29.0 Å². The van der Waals surface area contributed by atoms with E-state index in [1.807, 2.05) is 23.1 Å². The van der Waals surface area contributed by atoms with Crippen molar-refractivity contribution in [3.63, 3.8) is 0 Å². The number of amides is 1. The molecule has 8 heteroatoms. The van der Waals surface area contributed by atoms with Crippen molar-refractivity contribution >= 4 is 16.8 Å². The van der Waals surface area contributed by atoms with Gasteiger partial charge in [-0.05, 0) is 61.4 Å². The van der Waals surface area contributed by atoms with Crippen LogP contribution in [0.2, 0.25) is 0 Å². The maximum absolute atomic E-state index is 13.2. The van der Waals surface area contributed by atoms with Crippen molar-refractivity contribution in [3.05, 3.63) is 74.9 Å². The molecule has 2 aromatic carbocycles. The fourth-order valence-corrected chi connectivity index (χ4v) is 5.59. The lowest BCUT2D eigenvalue weighted by molar-refractivity contribution is -0.138. The third-order valence-corrected chi connectivity index (χ3v) is 7.78. The van der Waals surface area contributed by atoms with Crippen molar-refractivity contribution in [3.8, 4) is 5.75 Å². The molecule has 2 heterocycles. The number of hydrogen-bond donors (Lipinski definition) is 1. The molecule has 8 nitrogen and oxygen atoms in total. The van der Waals surface area contributed by atoms with Gasteiger partial charge in [0.2, 0.25) is 5.91 Å². The minimum atomic E-state index is -0.357. The molecule has 1 saturated carbocycles. The molecule has 0 radical (unpaired) electrons. The summed E-state index contributed by atoms with van der Waals surface area (Å²) >= 11 is 0. The van der Waals surface area contributed by atoms with Gasteiger partial charge in [0, 0.05) is 45.2 Å². The molecule has 1 aromatic heterocycles. The van der Waals surface area contributed by atoms with Crippen molar-refractivity contribution in [1.82, 2.24) is 19.4 Å². The fraction of sp³-hybridized carbons (Fsp3) is 0.464. The molecule has 1 aliphatic carbocycles. The summed E-state index contributed by atoms with van der Waals surface area (Å²) in [5.41, 5.74) is 1.23. The van der Waals surface area contributed by atoms with Gasteiger partial charge in [0.05, 0.1) is 18.0 Å². The fourth-order valence-electron chi connectivity index (χ4n) is 5.59. The Morgan fingerprint density at radius 2 is 1.64 bits per heavy atom. The van der Waals surface area contributed by atoms with Crippen LogP contribution in [0, 0.1) is 11.8 Å². The lowest BCUT2D eigenvalue weighted by Gasteiger charge is -2.38. The monoisotopic (exact) mass is 490 g/mol. The predicted octanol–water partition coefficient (Wildman–Crippen LogP) is 2.85. The Morgan fingerprint density at radius 3 is 2.33 bits per heavy atom. The highest BCUT2D eigenvalue weighted by Crippen LogP contribution is 2.31. The number of piperazine rings is 1. The van der Waals surface area contributed by atoms with Crippen molar-refractivity contribution in [1.29, 1.82) is 0 Å². The molecule has 190 valence electrons. The molecule has 0 atom stereocenters. The summed E-state index contributed by atoms with van der Waals surface area (Å²) in [4.78, 5) is 45.8. The molecule has 1 amide bonds. The van der Waals surface area contributed by atoms with Crippen LogP contribution < -0.4 is 16.0 Å². The first-order valence-corrected chi connectivity index (χ1v) is 12.9. The average Bonchev–Trinajstić information content (AvgIpc) is 2.92. The molecule has 0 bridgehead atoms. The van der Waals surface area contributed by atoms with Gasteiger partial charge in [-0.25, -0.2) is 4.79 Å². The van der Waals surface area contributed by atoms with E-state index in [1.165, 1.54) is 10.1 Å². The number of nitrogens with one attached hydrogen (secondary N) is 1. The van der Waals surface area contributed by atoms with E-state index in [2.05, 4.69) is 22.0 Å². The number of carbonyl (C=O) groups is 1. The van der Waals surface area contributed by atoms with E-state index in [9.17, 15) is 14.4 Å². The van der Waals surface area contributed by atoms with Gasteiger partial charge in [-0.2, -0.15) is 0 Å². The summed E-state index contributed by atoms with van der Waals surface area (Å²) in [7, 11) is 1.67. The first kappa shape index (κ1) is 24.3. The first-order chi connectivity index (χ1) is 17.5.